The molecule has 5 heteroatoms. The van der Waals surface area contributed by atoms with E-state index in [1.165, 1.54) is 5.56 Å². The van der Waals surface area contributed by atoms with Gasteiger partial charge in [-0.05, 0) is 55.4 Å². The molecule has 5 nitrogen and oxygen atoms in total. The number of amides is 1. The molecule has 0 saturated carbocycles. The van der Waals surface area contributed by atoms with Gasteiger partial charge in [-0.25, -0.2) is 0 Å². The van der Waals surface area contributed by atoms with Gasteiger partial charge in [0.25, 0.3) is 5.91 Å². The number of rotatable bonds is 9. The number of benzene rings is 2. The summed E-state index contributed by atoms with van der Waals surface area (Å²) >= 11 is 0. The smallest absolute Gasteiger partial charge is 0.253 e. The number of nitrogens with two attached hydrogens (primary N) is 1. The van der Waals surface area contributed by atoms with E-state index in [1.807, 2.05) is 47.4 Å². The van der Waals surface area contributed by atoms with E-state index in [-0.39, 0.29) is 5.91 Å². The Hall–Kier alpha value is -2.37. The van der Waals surface area contributed by atoms with Crippen LogP contribution in [0.1, 0.15) is 35.7 Å². The summed E-state index contributed by atoms with van der Waals surface area (Å²) < 4.78 is 5.83. The highest BCUT2D eigenvalue weighted by molar-refractivity contribution is 5.94. The Morgan fingerprint density at radius 2 is 1.76 bits per heavy atom. The van der Waals surface area contributed by atoms with Gasteiger partial charge in [0.1, 0.15) is 12.4 Å². The van der Waals surface area contributed by atoms with Crippen LogP contribution in [-0.4, -0.2) is 61.6 Å². The number of ether oxygens (including phenoxy) is 1. The molecule has 0 aliphatic carbocycles. The summed E-state index contributed by atoms with van der Waals surface area (Å²) in [6, 6.07) is 17.9. The van der Waals surface area contributed by atoms with Gasteiger partial charge in [-0.3, -0.25) is 4.79 Å². The number of likely N-dealkylation sites (tertiary alicyclic amines) is 1. The van der Waals surface area contributed by atoms with Gasteiger partial charge in [-0.15, -0.1) is 0 Å². The largest absolute Gasteiger partial charge is 0.492 e. The predicted molar refractivity (Wildman–Crippen MR) is 117 cm³/mol. The van der Waals surface area contributed by atoms with E-state index >= 15 is 0 Å². The number of carbonyl (C=O) groups is 1. The van der Waals surface area contributed by atoms with Gasteiger partial charge >= 0.3 is 0 Å². The molecule has 0 radical (unpaired) electrons. The van der Waals surface area contributed by atoms with Crippen LogP contribution in [0.25, 0.3) is 0 Å². The predicted octanol–water partition coefficient (Wildman–Crippen LogP) is 3.22. The fourth-order valence-corrected chi connectivity index (χ4v) is 4.06. The van der Waals surface area contributed by atoms with E-state index in [1.54, 1.807) is 0 Å². The molecule has 2 aromatic carbocycles. The van der Waals surface area contributed by atoms with E-state index in [0.717, 1.165) is 25.4 Å². The lowest BCUT2D eigenvalue weighted by molar-refractivity contribution is 0.0786. The number of hydrogen-bond acceptors (Lipinski definition) is 4. The fourth-order valence-electron chi connectivity index (χ4n) is 4.06. The van der Waals surface area contributed by atoms with Gasteiger partial charge in [0.2, 0.25) is 0 Å². The van der Waals surface area contributed by atoms with E-state index in [0.29, 0.717) is 43.6 Å². The Labute approximate surface area is 174 Å². The van der Waals surface area contributed by atoms with E-state index in [4.69, 9.17) is 10.5 Å². The first-order valence-corrected chi connectivity index (χ1v) is 10.7. The zero-order valence-corrected chi connectivity index (χ0v) is 17.6. The number of carbonyl (C=O) groups excluding carboxylic acids is 1. The van der Waals surface area contributed by atoms with Crippen LogP contribution < -0.4 is 10.5 Å². The van der Waals surface area contributed by atoms with Crippen LogP contribution in [0.5, 0.6) is 5.75 Å². The minimum Gasteiger partial charge on any atom is -0.492 e. The van der Waals surface area contributed by atoms with E-state index in [9.17, 15) is 4.79 Å². The second-order valence-electron chi connectivity index (χ2n) is 7.62. The summed E-state index contributed by atoms with van der Waals surface area (Å²) in [5, 5.41) is 0. The molecule has 2 aromatic rings. The molecule has 2 atom stereocenters. The number of nitrogens with zero attached hydrogens (tertiary/aromatic N) is 2. The van der Waals surface area contributed by atoms with Gasteiger partial charge in [0.15, 0.2) is 0 Å². The second kappa shape index (κ2) is 10.4. The molecule has 1 aliphatic heterocycles. The molecule has 0 aromatic heterocycles. The van der Waals surface area contributed by atoms with Crippen LogP contribution in [0.3, 0.4) is 0 Å². The summed E-state index contributed by atoms with van der Waals surface area (Å²) in [6.07, 6.45) is 0. The van der Waals surface area contributed by atoms with Crippen LogP contribution in [0.2, 0.25) is 0 Å². The summed E-state index contributed by atoms with van der Waals surface area (Å²) in [5.74, 6) is 1.46. The van der Waals surface area contributed by atoms with Crippen LogP contribution in [0.15, 0.2) is 54.6 Å². The van der Waals surface area contributed by atoms with E-state index < -0.39 is 0 Å². The highest BCUT2D eigenvalue weighted by Gasteiger charge is 2.35. The zero-order chi connectivity index (χ0) is 20.6. The number of likely N-dealkylation sites (N-methyl/N-ethyl adjacent to an activating group) is 1. The topological polar surface area (TPSA) is 58.8 Å². The maximum absolute atomic E-state index is 13.0. The first-order chi connectivity index (χ1) is 14.2. The summed E-state index contributed by atoms with van der Waals surface area (Å²) in [7, 11) is 0. The van der Waals surface area contributed by atoms with Crippen LogP contribution in [0, 0.1) is 5.92 Å². The molecule has 1 amide bonds. The molecular formula is C24H33N3O2. The van der Waals surface area contributed by atoms with Crippen molar-refractivity contribution in [3.63, 3.8) is 0 Å². The maximum Gasteiger partial charge on any atom is 0.253 e. The molecule has 1 fully saturated rings. The molecule has 1 saturated heterocycles. The minimum atomic E-state index is 0.0663. The third kappa shape index (κ3) is 5.37. The molecular weight excluding hydrogens is 362 g/mol. The first-order valence-electron chi connectivity index (χ1n) is 10.7. The van der Waals surface area contributed by atoms with Crippen molar-refractivity contribution in [2.45, 2.75) is 19.8 Å². The third-order valence-electron chi connectivity index (χ3n) is 5.93. The van der Waals surface area contributed by atoms with Crippen LogP contribution in [-0.2, 0) is 0 Å². The van der Waals surface area contributed by atoms with Crippen molar-refractivity contribution >= 4 is 5.91 Å². The number of hydrogen-bond donors (Lipinski definition) is 1. The average Bonchev–Trinajstić information content (AvgIpc) is 3.22. The second-order valence-corrected chi connectivity index (χ2v) is 7.62. The zero-order valence-electron chi connectivity index (χ0n) is 17.6. The van der Waals surface area contributed by atoms with Gasteiger partial charge in [-0.1, -0.05) is 44.2 Å². The molecule has 29 heavy (non-hydrogen) atoms. The van der Waals surface area contributed by atoms with Crippen molar-refractivity contribution in [2.24, 2.45) is 11.7 Å². The van der Waals surface area contributed by atoms with Crippen LogP contribution >= 0.6 is 0 Å². The Bertz CT molecular complexity index is 759. The lowest BCUT2D eigenvalue weighted by Crippen LogP contribution is -2.29. The molecule has 0 unspecified atom stereocenters. The highest BCUT2D eigenvalue weighted by Crippen LogP contribution is 2.32. The van der Waals surface area contributed by atoms with Crippen molar-refractivity contribution in [2.75, 3.05) is 45.9 Å². The van der Waals surface area contributed by atoms with Gasteiger partial charge in [0, 0.05) is 31.1 Å². The van der Waals surface area contributed by atoms with Crippen molar-refractivity contribution < 1.29 is 9.53 Å². The van der Waals surface area contributed by atoms with Gasteiger partial charge in [-0.2, -0.15) is 0 Å². The lowest BCUT2D eigenvalue weighted by Gasteiger charge is -2.18. The molecule has 1 heterocycles. The average molecular weight is 396 g/mol. The van der Waals surface area contributed by atoms with Crippen molar-refractivity contribution in [1.82, 2.24) is 9.80 Å². The van der Waals surface area contributed by atoms with Crippen molar-refractivity contribution in [1.29, 1.82) is 0 Å². The normalized spacial score (nSPS) is 19.0. The Morgan fingerprint density at radius 3 is 2.38 bits per heavy atom. The van der Waals surface area contributed by atoms with Gasteiger partial charge in [0.05, 0.1) is 0 Å². The Kier molecular flexibility index (Phi) is 7.67. The SMILES string of the molecule is CCN(CC)CCOc1ccc(C(=O)N2C[C@@H](CN)[C@H](c3ccccc3)C2)cc1. The molecule has 0 bridgehead atoms. The summed E-state index contributed by atoms with van der Waals surface area (Å²) in [6.45, 7) is 9.92. The maximum atomic E-state index is 13.0. The standard InChI is InChI=1S/C24H33N3O2/c1-3-26(4-2)14-15-29-22-12-10-20(11-13-22)24(28)27-17-21(16-25)23(18-27)19-8-6-5-7-9-19/h5-13,21,23H,3-4,14-18,25H2,1-2H3/t21-,23+/m1/s1. The van der Waals surface area contributed by atoms with E-state index in [2.05, 4.69) is 30.9 Å². The molecule has 3 rings (SSSR count). The molecule has 1 aliphatic rings. The van der Waals surface area contributed by atoms with Crippen molar-refractivity contribution in [3.8, 4) is 5.75 Å². The quantitative estimate of drug-likeness (QED) is 0.708. The first kappa shape index (κ1) is 21.3. The molecule has 0 spiro atoms. The summed E-state index contributed by atoms with van der Waals surface area (Å²) in [4.78, 5) is 17.3. The summed E-state index contributed by atoms with van der Waals surface area (Å²) in [5.41, 5.74) is 7.97. The van der Waals surface area contributed by atoms with Gasteiger partial charge < -0.3 is 20.3 Å². The monoisotopic (exact) mass is 395 g/mol. The third-order valence-corrected chi connectivity index (χ3v) is 5.93. The Morgan fingerprint density at radius 1 is 1.07 bits per heavy atom. The molecule has 2 N–H and O–H groups in total. The fraction of sp³-hybridized carbons (Fsp3) is 0.458. The Balaban J connectivity index is 1.59. The highest BCUT2D eigenvalue weighted by atomic mass is 16.5. The van der Waals surface area contributed by atoms with Crippen molar-refractivity contribution in [3.05, 3.63) is 65.7 Å². The molecule has 156 valence electrons. The van der Waals surface area contributed by atoms with Crippen LogP contribution in [0.4, 0.5) is 0 Å². The minimum absolute atomic E-state index is 0.0663. The lowest BCUT2D eigenvalue weighted by atomic mass is 9.89.